The highest BCUT2D eigenvalue weighted by molar-refractivity contribution is 5.87. The third kappa shape index (κ3) is 2.94. The predicted molar refractivity (Wildman–Crippen MR) is 85.4 cm³/mol. The number of aryl methyl sites for hydroxylation is 1. The zero-order valence-electron chi connectivity index (χ0n) is 12.5. The average molecular weight is 309 g/mol. The summed E-state index contributed by atoms with van der Waals surface area (Å²) < 4.78 is 6.63. The molecule has 0 saturated carbocycles. The minimum Gasteiger partial charge on any atom is -0.618 e. The number of carboxylic acid groups (broad SMARTS) is 1. The molecule has 3 rings (SSSR count). The van der Waals surface area contributed by atoms with Crippen LogP contribution in [0, 0.1) is 12.1 Å². The van der Waals surface area contributed by atoms with Gasteiger partial charge in [0.2, 0.25) is 5.52 Å². The summed E-state index contributed by atoms with van der Waals surface area (Å²) in [5, 5.41) is 21.8. The van der Waals surface area contributed by atoms with Gasteiger partial charge in [-0.25, -0.2) is 4.79 Å². The molecule has 0 aliphatic heterocycles. The molecule has 0 radical (unpaired) electrons. The molecule has 0 amide bonds. The van der Waals surface area contributed by atoms with E-state index in [4.69, 9.17) is 9.84 Å². The smallest absolute Gasteiger partial charge is 0.335 e. The molecule has 0 atom stereocenters. The molecule has 0 spiro atoms. The Bertz CT molecular complexity index is 872. The highest BCUT2D eigenvalue weighted by atomic mass is 16.5. The number of ether oxygens (including phenoxy) is 1. The first kappa shape index (κ1) is 14.8. The number of nitrogens with zero attached hydrogens (tertiary/aromatic N) is 1. The molecule has 23 heavy (non-hydrogen) atoms. The van der Waals surface area contributed by atoms with Crippen LogP contribution in [0.5, 0.6) is 5.75 Å². The highest BCUT2D eigenvalue weighted by Crippen LogP contribution is 2.20. The van der Waals surface area contributed by atoms with E-state index in [0.29, 0.717) is 23.6 Å². The van der Waals surface area contributed by atoms with E-state index in [2.05, 4.69) is 0 Å². The Labute approximate surface area is 133 Å². The van der Waals surface area contributed by atoms with E-state index in [0.717, 1.165) is 15.7 Å². The second kappa shape index (κ2) is 5.96. The van der Waals surface area contributed by atoms with Gasteiger partial charge in [-0.15, -0.1) is 0 Å². The van der Waals surface area contributed by atoms with Crippen molar-refractivity contribution in [1.82, 2.24) is 0 Å². The second-order valence-corrected chi connectivity index (χ2v) is 5.24. The molecular formula is C18H15NO4. The van der Waals surface area contributed by atoms with Crippen LogP contribution < -0.4 is 9.47 Å². The largest absolute Gasteiger partial charge is 0.618 e. The summed E-state index contributed by atoms with van der Waals surface area (Å²) in [7, 11) is 0. The van der Waals surface area contributed by atoms with Gasteiger partial charge in [-0.1, -0.05) is 12.1 Å². The Morgan fingerprint density at radius 1 is 1.17 bits per heavy atom. The van der Waals surface area contributed by atoms with Gasteiger partial charge in [-0.2, -0.15) is 4.73 Å². The van der Waals surface area contributed by atoms with Crippen molar-refractivity contribution in [3.8, 4) is 5.75 Å². The molecule has 3 aromatic rings. The number of carbonyl (C=O) groups is 1. The number of benzene rings is 2. The van der Waals surface area contributed by atoms with Gasteiger partial charge in [0, 0.05) is 24.6 Å². The van der Waals surface area contributed by atoms with E-state index >= 15 is 0 Å². The Kier molecular flexibility index (Phi) is 3.85. The van der Waals surface area contributed by atoms with Crippen molar-refractivity contribution in [1.29, 1.82) is 0 Å². The highest BCUT2D eigenvalue weighted by Gasteiger charge is 2.12. The van der Waals surface area contributed by atoms with Crippen molar-refractivity contribution in [2.24, 2.45) is 0 Å². The zero-order chi connectivity index (χ0) is 16.4. The molecule has 0 fully saturated rings. The molecular weight excluding hydrogens is 294 g/mol. The quantitative estimate of drug-likeness (QED) is 0.594. The summed E-state index contributed by atoms with van der Waals surface area (Å²) in [6, 6.07) is 15.4. The Morgan fingerprint density at radius 3 is 2.57 bits per heavy atom. The van der Waals surface area contributed by atoms with E-state index in [9.17, 15) is 10.0 Å². The summed E-state index contributed by atoms with van der Waals surface area (Å²) in [6.45, 7) is 2.05. The van der Waals surface area contributed by atoms with Gasteiger partial charge >= 0.3 is 5.97 Å². The molecule has 5 heteroatoms. The second-order valence-electron chi connectivity index (χ2n) is 5.24. The number of fused-ring (bicyclic) bond motifs is 1. The van der Waals surface area contributed by atoms with Crippen LogP contribution in [0.15, 0.2) is 54.6 Å². The number of aromatic carboxylic acids is 1. The van der Waals surface area contributed by atoms with Crippen LogP contribution >= 0.6 is 0 Å². The molecule has 0 bridgehead atoms. The Morgan fingerprint density at radius 2 is 1.87 bits per heavy atom. The van der Waals surface area contributed by atoms with Crippen LogP contribution in [0.4, 0.5) is 0 Å². The van der Waals surface area contributed by atoms with Gasteiger partial charge in [-0.3, -0.25) is 0 Å². The summed E-state index contributed by atoms with van der Waals surface area (Å²) in [5.41, 5.74) is 2.33. The molecule has 116 valence electrons. The lowest BCUT2D eigenvalue weighted by Crippen LogP contribution is -2.31. The van der Waals surface area contributed by atoms with E-state index in [1.807, 2.05) is 18.2 Å². The van der Waals surface area contributed by atoms with Crippen molar-refractivity contribution in [3.63, 3.8) is 0 Å². The van der Waals surface area contributed by atoms with Gasteiger partial charge in [0.05, 0.1) is 10.9 Å². The minimum atomic E-state index is -0.971. The predicted octanol–water partition coefficient (Wildman–Crippen LogP) is 3.06. The van der Waals surface area contributed by atoms with Crippen LogP contribution in [0.25, 0.3) is 10.9 Å². The number of pyridine rings is 1. The maximum Gasteiger partial charge on any atom is 0.335 e. The number of hydrogen-bond acceptors (Lipinski definition) is 3. The zero-order valence-corrected chi connectivity index (χ0v) is 12.5. The fraction of sp³-hybridized carbons (Fsp3) is 0.111. The lowest BCUT2D eigenvalue weighted by molar-refractivity contribution is -0.584. The average Bonchev–Trinajstić information content (AvgIpc) is 2.57. The maximum absolute atomic E-state index is 12.1. The number of para-hydroxylation sites is 1. The lowest BCUT2D eigenvalue weighted by atomic mass is 10.1. The molecule has 5 nitrogen and oxygen atoms in total. The van der Waals surface area contributed by atoms with E-state index in [1.165, 1.54) is 12.1 Å². The van der Waals surface area contributed by atoms with Gasteiger partial charge in [0.25, 0.3) is 0 Å². The summed E-state index contributed by atoms with van der Waals surface area (Å²) >= 11 is 0. The topological polar surface area (TPSA) is 73.5 Å². The monoisotopic (exact) mass is 309 g/mol. The minimum absolute atomic E-state index is 0.214. The number of aromatic nitrogens is 1. The first-order chi connectivity index (χ1) is 11.1. The molecule has 1 aromatic heterocycles. The normalized spacial score (nSPS) is 10.7. The standard InChI is InChI=1S/C18H15NO4/c1-12-10-14(16-4-2-3-5-17(16)19(12)22)11-23-15-8-6-13(7-9-15)18(20)21/h2-10H,11H2,1H3,(H,20,21). The SMILES string of the molecule is Cc1cc(COc2ccc(C(=O)O)cc2)c2ccccc2[n+]1[O-]. The van der Waals surface area contributed by atoms with Crippen LogP contribution in [0.3, 0.4) is 0 Å². The van der Waals surface area contributed by atoms with Crippen LogP contribution in [0.2, 0.25) is 0 Å². The van der Waals surface area contributed by atoms with Crippen molar-refractivity contribution in [3.05, 3.63) is 76.6 Å². The third-order valence-corrected chi connectivity index (χ3v) is 3.67. The molecule has 0 aliphatic carbocycles. The fourth-order valence-corrected chi connectivity index (χ4v) is 2.48. The van der Waals surface area contributed by atoms with Gasteiger partial charge < -0.3 is 15.1 Å². The summed E-state index contributed by atoms with van der Waals surface area (Å²) in [4.78, 5) is 10.8. The van der Waals surface area contributed by atoms with Crippen molar-refractivity contribution in [2.75, 3.05) is 0 Å². The van der Waals surface area contributed by atoms with Crippen molar-refractivity contribution < 1.29 is 19.4 Å². The molecule has 1 heterocycles. The molecule has 0 saturated heterocycles. The number of carboxylic acids is 1. The Balaban J connectivity index is 1.87. The van der Waals surface area contributed by atoms with Gasteiger partial charge in [0.1, 0.15) is 12.4 Å². The molecule has 0 aliphatic rings. The van der Waals surface area contributed by atoms with E-state index in [1.54, 1.807) is 31.2 Å². The first-order valence-electron chi connectivity index (χ1n) is 7.13. The van der Waals surface area contributed by atoms with Crippen LogP contribution in [-0.4, -0.2) is 11.1 Å². The third-order valence-electron chi connectivity index (χ3n) is 3.67. The maximum atomic E-state index is 12.1. The lowest BCUT2D eigenvalue weighted by Gasteiger charge is -2.11. The van der Waals surface area contributed by atoms with E-state index < -0.39 is 5.97 Å². The van der Waals surface area contributed by atoms with Crippen molar-refractivity contribution in [2.45, 2.75) is 13.5 Å². The van der Waals surface area contributed by atoms with Crippen LogP contribution in [0.1, 0.15) is 21.6 Å². The van der Waals surface area contributed by atoms with Crippen molar-refractivity contribution >= 4 is 16.9 Å². The summed E-state index contributed by atoms with van der Waals surface area (Å²) in [6.07, 6.45) is 0. The fourth-order valence-electron chi connectivity index (χ4n) is 2.48. The first-order valence-corrected chi connectivity index (χ1v) is 7.13. The Hall–Kier alpha value is -3.08. The van der Waals surface area contributed by atoms with Gasteiger partial charge in [0.15, 0.2) is 5.69 Å². The molecule has 2 aromatic carbocycles. The van der Waals surface area contributed by atoms with Crippen LogP contribution in [-0.2, 0) is 6.61 Å². The molecule has 0 unspecified atom stereocenters. The van der Waals surface area contributed by atoms with E-state index in [-0.39, 0.29) is 5.56 Å². The molecule has 1 N–H and O–H groups in total. The van der Waals surface area contributed by atoms with Gasteiger partial charge in [-0.05, 0) is 30.3 Å². The number of hydrogen-bond donors (Lipinski definition) is 1. The summed E-state index contributed by atoms with van der Waals surface area (Å²) in [5.74, 6) is -0.392. The number of rotatable bonds is 4.